The summed E-state index contributed by atoms with van der Waals surface area (Å²) >= 11 is 3.49. The third-order valence-electron chi connectivity index (χ3n) is 6.83. The normalized spacial score (nSPS) is 16.0. The summed E-state index contributed by atoms with van der Waals surface area (Å²) in [7, 11) is 0. The van der Waals surface area contributed by atoms with Crippen LogP contribution < -0.4 is 5.32 Å². The van der Waals surface area contributed by atoms with E-state index < -0.39 is 16.9 Å². The lowest BCUT2D eigenvalue weighted by Crippen LogP contribution is -2.55. The van der Waals surface area contributed by atoms with Gasteiger partial charge in [0.1, 0.15) is 11.3 Å². The van der Waals surface area contributed by atoms with Crippen LogP contribution in [0.15, 0.2) is 22.7 Å². The second kappa shape index (κ2) is 13.0. The lowest BCUT2D eigenvalue weighted by Gasteiger charge is -2.43. The maximum atomic E-state index is 13.6. The Kier molecular flexibility index (Phi) is 10.3. The van der Waals surface area contributed by atoms with Crippen molar-refractivity contribution in [3.8, 4) is 5.75 Å². The van der Waals surface area contributed by atoms with Gasteiger partial charge in [0.2, 0.25) is 5.89 Å². The van der Waals surface area contributed by atoms with E-state index in [0.717, 1.165) is 36.3 Å². The number of carbonyl (C=O) groups is 2. The molecular formula is C27H39N3O5S2. The first kappa shape index (κ1) is 29.4. The Hall–Kier alpha value is -2.20. The molecule has 0 aliphatic carbocycles. The van der Waals surface area contributed by atoms with Gasteiger partial charge in [0.15, 0.2) is 5.82 Å². The van der Waals surface area contributed by atoms with Gasteiger partial charge in [0.05, 0.1) is 4.58 Å². The third-order valence-corrected chi connectivity index (χ3v) is 9.90. The summed E-state index contributed by atoms with van der Waals surface area (Å²) < 4.78 is 5.64. The number of benzene rings is 1. The minimum Gasteiger partial charge on any atom is -0.508 e. The number of aromatic nitrogens is 2. The molecule has 10 heteroatoms. The average molecular weight is 550 g/mol. The molecule has 1 aliphatic rings. The highest BCUT2D eigenvalue weighted by Crippen LogP contribution is 2.48. The Morgan fingerprint density at radius 1 is 1.14 bits per heavy atom. The molecule has 3 rings (SSSR count). The second-order valence-electron chi connectivity index (χ2n) is 10.5. The van der Waals surface area contributed by atoms with E-state index in [9.17, 15) is 19.8 Å². The molecule has 3 N–H and O–H groups in total. The average Bonchev–Trinajstić information content (AvgIpc) is 3.54. The molecule has 1 saturated heterocycles. The quantitative estimate of drug-likeness (QED) is 0.247. The van der Waals surface area contributed by atoms with E-state index in [0.29, 0.717) is 23.7 Å². The van der Waals surface area contributed by atoms with Crippen molar-refractivity contribution in [3.63, 3.8) is 0 Å². The number of hydrogen-bond donors (Lipinski definition) is 3. The van der Waals surface area contributed by atoms with Gasteiger partial charge in [-0.2, -0.15) is 4.98 Å². The van der Waals surface area contributed by atoms with Crippen LogP contribution in [0, 0.1) is 5.41 Å². The highest BCUT2D eigenvalue weighted by atomic mass is 32.2. The van der Waals surface area contributed by atoms with Crippen LogP contribution in [0.5, 0.6) is 5.75 Å². The van der Waals surface area contributed by atoms with Crippen molar-refractivity contribution in [2.75, 3.05) is 11.5 Å². The maximum Gasteiger partial charge on any atom is 0.303 e. The van der Waals surface area contributed by atoms with Crippen LogP contribution in [-0.2, 0) is 16.8 Å². The molecule has 1 aromatic carbocycles. The predicted molar refractivity (Wildman–Crippen MR) is 148 cm³/mol. The van der Waals surface area contributed by atoms with Crippen molar-refractivity contribution in [3.05, 3.63) is 41.0 Å². The number of rotatable bonds is 13. The van der Waals surface area contributed by atoms with Gasteiger partial charge in [0, 0.05) is 35.5 Å². The van der Waals surface area contributed by atoms with Crippen molar-refractivity contribution in [1.82, 2.24) is 15.5 Å². The van der Waals surface area contributed by atoms with Crippen molar-refractivity contribution in [1.29, 1.82) is 0 Å². The zero-order valence-corrected chi connectivity index (χ0v) is 23.8. The number of carboxylic acid groups (broad SMARTS) is 1. The van der Waals surface area contributed by atoms with Gasteiger partial charge in [-0.3, -0.25) is 9.59 Å². The van der Waals surface area contributed by atoms with Gasteiger partial charge in [-0.05, 0) is 36.5 Å². The number of amides is 1. The molecule has 0 radical (unpaired) electrons. The summed E-state index contributed by atoms with van der Waals surface area (Å²) in [6.07, 6.45) is 6.10. The second-order valence-corrected chi connectivity index (χ2v) is 13.3. The number of thioether (sulfide) groups is 2. The molecule has 1 amide bonds. The Balaban J connectivity index is 1.90. The number of nitrogens with zero attached hydrogens (tertiary/aromatic N) is 2. The lowest BCUT2D eigenvalue weighted by atomic mass is 9.70. The zero-order valence-electron chi connectivity index (χ0n) is 22.2. The number of nitrogens with one attached hydrogen (secondary N) is 1. The van der Waals surface area contributed by atoms with E-state index in [-0.39, 0.29) is 29.1 Å². The van der Waals surface area contributed by atoms with Gasteiger partial charge < -0.3 is 20.1 Å². The maximum absolute atomic E-state index is 13.6. The topological polar surface area (TPSA) is 126 Å². The summed E-state index contributed by atoms with van der Waals surface area (Å²) in [5.41, 5.74) is -0.694. The Bertz CT molecular complexity index is 1060. The first-order valence-corrected chi connectivity index (χ1v) is 15.1. The molecule has 0 spiro atoms. The Labute approximate surface area is 227 Å². The standard InChI is InChI=1S/C27H39N3O5S2/c1-5-6-7-8-9-10-21-28-25(30-35-21)27(26(2,3)4,14-13-22(32)33)29-23(34)18-11-12-20(31)19(17-18)24-36-15-16-37-24/h11-12,17,24,31H,5-10,13-16H2,1-4H3,(H,29,34)(H,32,33). The molecule has 1 aliphatic heterocycles. The summed E-state index contributed by atoms with van der Waals surface area (Å²) in [5, 5.41) is 27.3. The van der Waals surface area contributed by atoms with Crippen LogP contribution in [0.4, 0.5) is 0 Å². The van der Waals surface area contributed by atoms with Crippen LogP contribution in [-0.4, -0.2) is 43.7 Å². The number of aromatic hydroxyl groups is 1. The monoisotopic (exact) mass is 549 g/mol. The lowest BCUT2D eigenvalue weighted by molar-refractivity contribution is -0.137. The molecule has 0 bridgehead atoms. The highest BCUT2D eigenvalue weighted by molar-refractivity contribution is 8.19. The molecule has 37 heavy (non-hydrogen) atoms. The van der Waals surface area contributed by atoms with Gasteiger partial charge in [-0.15, -0.1) is 23.5 Å². The number of carboxylic acids is 1. The summed E-state index contributed by atoms with van der Waals surface area (Å²) in [6, 6.07) is 4.86. The zero-order chi connectivity index (χ0) is 27.1. The van der Waals surface area contributed by atoms with Crippen molar-refractivity contribution in [2.45, 2.75) is 89.2 Å². The smallest absolute Gasteiger partial charge is 0.303 e. The fraction of sp³-hybridized carbons (Fsp3) is 0.630. The van der Waals surface area contributed by atoms with E-state index in [1.54, 1.807) is 41.7 Å². The molecule has 0 saturated carbocycles. The molecule has 1 atom stereocenters. The largest absolute Gasteiger partial charge is 0.508 e. The third kappa shape index (κ3) is 7.44. The van der Waals surface area contributed by atoms with Crippen LogP contribution >= 0.6 is 23.5 Å². The molecule has 1 unspecified atom stereocenters. The fourth-order valence-corrected chi connectivity index (χ4v) is 7.42. The first-order chi connectivity index (χ1) is 17.6. The molecule has 2 heterocycles. The van der Waals surface area contributed by atoms with Crippen LogP contribution in [0.3, 0.4) is 0 Å². The molecule has 8 nitrogen and oxygen atoms in total. The fourth-order valence-electron chi connectivity index (χ4n) is 4.52. The van der Waals surface area contributed by atoms with Gasteiger partial charge in [-0.25, -0.2) is 0 Å². The van der Waals surface area contributed by atoms with E-state index in [4.69, 9.17) is 4.52 Å². The van der Waals surface area contributed by atoms with E-state index in [1.165, 1.54) is 12.8 Å². The highest BCUT2D eigenvalue weighted by Gasteiger charge is 2.49. The molecule has 1 fully saturated rings. The van der Waals surface area contributed by atoms with E-state index in [2.05, 4.69) is 22.4 Å². The van der Waals surface area contributed by atoms with Crippen LogP contribution in [0.2, 0.25) is 0 Å². The minimum atomic E-state index is -1.18. The van der Waals surface area contributed by atoms with Crippen molar-refractivity contribution >= 4 is 35.4 Å². The minimum absolute atomic E-state index is 0.0734. The summed E-state index contributed by atoms with van der Waals surface area (Å²) in [4.78, 5) is 29.9. The van der Waals surface area contributed by atoms with E-state index in [1.807, 2.05) is 20.8 Å². The van der Waals surface area contributed by atoms with Crippen molar-refractivity contribution < 1.29 is 24.3 Å². The van der Waals surface area contributed by atoms with E-state index >= 15 is 0 Å². The van der Waals surface area contributed by atoms with Crippen LogP contribution in [0.1, 0.15) is 105 Å². The number of unbranched alkanes of at least 4 members (excludes halogenated alkanes) is 4. The number of aryl methyl sites for hydroxylation is 1. The Morgan fingerprint density at radius 2 is 1.84 bits per heavy atom. The number of phenolic OH excluding ortho intramolecular Hbond substituents is 1. The van der Waals surface area contributed by atoms with Gasteiger partial charge >= 0.3 is 5.97 Å². The number of hydrogen-bond acceptors (Lipinski definition) is 8. The Morgan fingerprint density at radius 3 is 2.49 bits per heavy atom. The SMILES string of the molecule is CCCCCCCc1nc(C(CCC(=O)O)(NC(=O)c2ccc(O)c(C3SCCS3)c2)C(C)(C)C)no1. The number of phenols is 1. The molecule has 2 aromatic rings. The van der Waals surface area contributed by atoms with Crippen LogP contribution in [0.25, 0.3) is 0 Å². The van der Waals surface area contributed by atoms with Crippen molar-refractivity contribution in [2.24, 2.45) is 5.41 Å². The molecule has 1 aromatic heterocycles. The first-order valence-electron chi connectivity index (χ1n) is 13.0. The van der Waals surface area contributed by atoms with Gasteiger partial charge in [-0.1, -0.05) is 58.5 Å². The predicted octanol–water partition coefficient (Wildman–Crippen LogP) is 6.30. The molecule has 204 valence electrons. The number of carbonyl (C=O) groups excluding carboxylic acids is 1. The number of aliphatic carboxylic acids is 1. The summed E-state index contributed by atoms with van der Waals surface area (Å²) in [6.45, 7) is 7.98. The van der Waals surface area contributed by atoms with Gasteiger partial charge in [0.25, 0.3) is 5.91 Å². The summed E-state index contributed by atoms with van der Waals surface area (Å²) in [5.74, 6) is 1.59. The molecular weight excluding hydrogens is 510 g/mol.